The summed E-state index contributed by atoms with van der Waals surface area (Å²) < 4.78 is 0. The van der Waals surface area contributed by atoms with Crippen molar-refractivity contribution < 1.29 is 5.11 Å². The summed E-state index contributed by atoms with van der Waals surface area (Å²) in [6.45, 7) is 6.14. The van der Waals surface area contributed by atoms with E-state index in [4.69, 9.17) is 0 Å². The summed E-state index contributed by atoms with van der Waals surface area (Å²) in [5.74, 6) is 1.12. The van der Waals surface area contributed by atoms with Gasteiger partial charge >= 0.3 is 0 Å². The molecule has 0 radical (unpaired) electrons. The Labute approximate surface area is 93.2 Å². The van der Waals surface area contributed by atoms with Gasteiger partial charge in [0.05, 0.1) is 0 Å². The Balaban J connectivity index is 2.66. The molecular formula is C14H22O. The van der Waals surface area contributed by atoms with Crippen LogP contribution in [0.1, 0.15) is 32.6 Å². The zero-order valence-corrected chi connectivity index (χ0v) is 9.65. The van der Waals surface area contributed by atoms with Crippen LogP contribution in [0, 0.1) is 11.8 Å². The summed E-state index contributed by atoms with van der Waals surface area (Å²) in [5, 5.41) is 9.19. The number of hydrogen-bond acceptors (Lipinski definition) is 1. The largest absolute Gasteiger partial charge is 0.396 e. The Bertz CT molecular complexity index is 250. The fraction of sp³-hybridized carbons (Fsp3) is 0.571. The molecule has 15 heavy (non-hydrogen) atoms. The first kappa shape index (κ1) is 12.3. The average Bonchev–Trinajstić information content (AvgIpc) is 2.29. The van der Waals surface area contributed by atoms with E-state index in [-0.39, 0.29) is 0 Å². The second-order valence-electron chi connectivity index (χ2n) is 4.31. The van der Waals surface area contributed by atoms with Gasteiger partial charge in [0, 0.05) is 6.61 Å². The Kier molecular flexibility index (Phi) is 5.41. The van der Waals surface area contributed by atoms with Crippen LogP contribution < -0.4 is 0 Å². The van der Waals surface area contributed by atoms with Gasteiger partial charge < -0.3 is 5.11 Å². The summed E-state index contributed by atoms with van der Waals surface area (Å²) in [6.07, 6.45) is 13.0. The number of hydrogen-bond donors (Lipinski definition) is 1. The lowest BCUT2D eigenvalue weighted by Gasteiger charge is -2.28. The molecule has 84 valence electrons. The molecule has 0 spiro atoms. The van der Waals surface area contributed by atoms with Gasteiger partial charge in [0.15, 0.2) is 0 Å². The molecule has 0 aliphatic heterocycles. The second kappa shape index (κ2) is 6.62. The van der Waals surface area contributed by atoms with Gasteiger partial charge in [-0.1, -0.05) is 37.3 Å². The molecule has 1 rings (SSSR count). The van der Waals surface area contributed by atoms with Gasteiger partial charge in [-0.05, 0) is 43.6 Å². The summed E-state index contributed by atoms with van der Waals surface area (Å²) in [5.41, 5.74) is 1.37. The fourth-order valence-corrected chi connectivity index (χ4v) is 2.42. The van der Waals surface area contributed by atoms with E-state index in [0.717, 1.165) is 6.42 Å². The number of aliphatic hydroxyl groups excluding tert-OH is 1. The van der Waals surface area contributed by atoms with Crippen LogP contribution >= 0.6 is 0 Å². The van der Waals surface area contributed by atoms with Crippen LogP contribution in [0.25, 0.3) is 0 Å². The van der Waals surface area contributed by atoms with Crippen LogP contribution in [0.4, 0.5) is 0 Å². The van der Waals surface area contributed by atoms with E-state index in [1.165, 1.54) is 24.8 Å². The molecule has 2 unspecified atom stereocenters. The van der Waals surface area contributed by atoms with Crippen molar-refractivity contribution in [1.29, 1.82) is 0 Å². The highest BCUT2D eigenvalue weighted by molar-refractivity contribution is 5.25. The molecule has 1 fully saturated rings. The molecule has 1 N–H and O–H groups in total. The van der Waals surface area contributed by atoms with Crippen molar-refractivity contribution in [3.05, 3.63) is 36.5 Å². The van der Waals surface area contributed by atoms with E-state index >= 15 is 0 Å². The normalized spacial score (nSPS) is 28.3. The summed E-state index contributed by atoms with van der Waals surface area (Å²) in [7, 11) is 0. The van der Waals surface area contributed by atoms with Crippen LogP contribution in [-0.4, -0.2) is 11.7 Å². The summed E-state index contributed by atoms with van der Waals surface area (Å²) >= 11 is 0. The topological polar surface area (TPSA) is 20.2 Å². The van der Waals surface area contributed by atoms with E-state index in [1.54, 1.807) is 0 Å². The fourth-order valence-electron chi connectivity index (χ4n) is 2.42. The molecule has 2 atom stereocenters. The Hall–Kier alpha value is -0.820. The third kappa shape index (κ3) is 3.67. The van der Waals surface area contributed by atoms with Crippen molar-refractivity contribution in [2.45, 2.75) is 32.6 Å². The summed E-state index contributed by atoms with van der Waals surface area (Å²) in [4.78, 5) is 0. The maximum Gasteiger partial charge on any atom is 0.0459 e. The molecule has 1 aliphatic rings. The van der Waals surface area contributed by atoms with Crippen LogP contribution in [0.3, 0.4) is 0 Å². The number of allylic oxidation sites excluding steroid dienone is 5. The minimum Gasteiger partial charge on any atom is -0.396 e. The molecule has 1 aliphatic carbocycles. The molecule has 1 nitrogen and oxygen atoms in total. The standard InChI is InChI=1S/C14H22O/c1-3-6-13(7-4-2)14-9-5-8-12(10-14)11-15/h3-4,6-7,12,14-15H,1,5,8-11H2,2H3/b7-4-,13-6+. The minimum absolute atomic E-state index is 0.341. The highest BCUT2D eigenvalue weighted by atomic mass is 16.3. The third-order valence-electron chi connectivity index (χ3n) is 3.18. The van der Waals surface area contributed by atoms with Crippen molar-refractivity contribution in [2.24, 2.45) is 11.8 Å². The molecule has 0 aromatic carbocycles. The summed E-state index contributed by atoms with van der Waals surface area (Å²) in [6, 6.07) is 0. The second-order valence-corrected chi connectivity index (χ2v) is 4.31. The van der Waals surface area contributed by atoms with E-state index in [2.05, 4.69) is 24.8 Å². The zero-order valence-electron chi connectivity index (χ0n) is 9.65. The average molecular weight is 206 g/mol. The van der Waals surface area contributed by atoms with Crippen LogP contribution in [0.2, 0.25) is 0 Å². The Morgan fingerprint density at radius 1 is 1.47 bits per heavy atom. The van der Waals surface area contributed by atoms with Gasteiger partial charge in [-0.25, -0.2) is 0 Å². The van der Waals surface area contributed by atoms with Crippen LogP contribution in [-0.2, 0) is 0 Å². The molecule has 0 saturated heterocycles. The van der Waals surface area contributed by atoms with Crippen molar-refractivity contribution >= 4 is 0 Å². The lowest BCUT2D eigenvalue weighted by atomic mass is 9.78. The van der Waals surface area contributed by atoms with Crippen LogP contribution in [0.15, 0.2) is 36.5 Å². The molecule has 1 saturated carbocycles. The van der Waals surface area contributed by atoms with Gasteiger partial charge in [0.2, 0.25) is 0 Å². The Morgan fingerprint density at radius 2 is 2.27 bits per heavy atom. The lowest BCUT2D eigenvalue weighted by Crippen LogP contribution is -2.19. The highest BCUT2D eigenvalue weighted by Gasteiger charge is 2.22. The predicted molar refractivity (Wildman–Crippen MR) is 65.6 cm³/mol. The minimum atomic E-state index is 0.341. The first-order chi connectivity index (χ1) is 7.31. The molecule has 1 heteroatoms. The van der Waals surface area contributed by atoms with E-state index in [0.29, 0.717) is 18.4 Å². The maximum atomic E-state index is 9.19. The van der Waals surface area contributed by atoms with Gasteiger partial charge in [-0.2, -0.15) is 0 Å². The number of rotatable bonds is 4. The number of aliphatic hydroxyl groups is 1. The van der Waals surface area contributed by atoms with E-state index < -0.39 is 0 Å². The van der Waals surface area contributed by atoms with Crippen molar-refractivity contribution in [3.63, 3.8) is 0 Å². The predicted octanol–water partition coefficient (Wildman–Crippen LogP) is 3.47. The smallest absolute Gasteiger partial charge is 0.0459 e. The SMILES string of the molecule is C=C/C=C(\C=C/C)C1CCCC(CO)C1. The monoisotopic (exact) mass is 206 g/mol. The van der Waals surface area contributed by atoms with E-state index in [1.807, 2.05) is 13.0 Å². The highest BCUT2D eigenvalue weighted by Crippen LogP contribution is 2.33. The van der Waals surface area contributed by atoms with Gasteiger partial charge in [-0.3, -0.25) is 0 Å². The molecule has 0 aromatic heterocycles. The zero-order chi connectivity index (χ0) is 11.1. The molecule has 0 heterocycles. The quantitative estimate of drug-likeness (QED) is 0.698. The lowest BCUT2D eigenvalue weighted by molar-refractivity contribution is 0.171. The van der Waals surface area contributed by atoms with Gasteiger partial charge in [-0.15, -0.1) is 0 Å². The van der Waals surface area contributed by atoms with Gasteiger partial charge in [0.25, 0.3) is 0 Å². The van der Waals surface area contributed by atoms with Crippen LogP contribution in [0.5, 0.6) is 0 Å². The first-order valence-corrected chi connectivity index (χ1v) is 5.88. The maximum absolute atomic E-state index is 9.19. The van der Waals surface area contributed by atoms with Gasteiger partial charge in [0.1, 0.15) is 0 Å². The molecule has 0 aromatic rings. The molecule has 0 amide bonds. The van der Waals surface area contributed by atoms with E-state index in [9.17, 15) is 5.11 Å². The third-order valence-corrected chi connectivity index (χ3v) is 3.18. The first-order valence-electron chi connectivity index (χ1n) is 5.88. The van der Waals surface area contributed by atoms with Crippen molar-refractivity contribution in [3.8, 4) is 0 Å². The van der Waals surface area contributed by atoms with Crippen molar-refractivity contribution in [2.75, 3.05) is 6.61 Å². The Morgan fingerprint density at radius 3 is 2.87 bits per heavy atom. The van der Waals surface area contributed by atoms with Crippen molar-refractivity contribution in [1.82, 2.24) is 0 Å². The molecular weight excluding hydrogens is 184 g/mol. The molecule has 0 bridgehead atoms.